The molecule has 0 amide bonds. The molecule has 0 aliphatic heterocycles. The minimum Gasteiger partial charge on any atom is -0.464 e. The van der Waals surface area contributed by atoms with Crippen molar-refractivity contribution in [1.82, 2.24) is 0 Å². The normalized spacial score (nSPS) is 23.7. The first kappa shape index (κ1) is 16.3. The van der Waals surface area contributed by atoms with Crippen LogP contribution in [0.15, 0.2) is 58.2 Å². The van der Waals surface area contributed by atoms with E-state index in [9.17, 15) is 4.39 Å². The van der Waals surface area contributed by atoms with Crippen molar-refractivity contribution >= 4 is 5.57 Å². The molecular weight excluding hydrogens is 320 g/mol. The largest absolute Gasteiger partial charge is 0.464 e. The number of rotatable bonds is 2. The number of halogens is 2. The van der Waals surface area contributed by atoms with Gasteiger partial charge in [-0.3, -0.25) is 0 Å². The Labute approximate surface area is 146 Å². The monoisotopic (exact) mass is 341 g/mol. The summed E-state index contributed by atoms with van der Waals surface area (Å²) in [5, 5.41) is 0. The molecular formula is C21H21F2NO. The Balaban J connectivity index is 2.09. The van der Waals surface area contributed by atoms with Gasteiger partial charge in [0.1, 0.15) is 11.6 Å². The highest BCUT2D eigenvalue weighted by molar-refractivity contribution is 5.91. The third-order valence-electron chi connectivity index (χ3n) is 5.50. The summed E-state index contributed by atoms with van der Waals surface area (Å²) < 4.78 is 35.2. The van der Waals surface area contributed by atoms with Crippen molar-refractivity contribution in [1.29, 1.82) is 0 Å². The zero-order valence-corrected chi connectivity index (χ0v) is 14.4. The van der Waals surface area contributed by atoms with E-state index < -0.39 is 17.6 Å². The van der Waals surface area contributed by atoms with Crippen LogP contribution < -0.4 is 5.73 Å². The lowest BCUT2D eigenvalue weighted by Gasteiger charge is -2.32. The van der Waals surface area contributed by atoms with Gasteiger partial charge in [0.15, 0.2) is 5.83 Å². The maximum Gasteiger partial charge on any atom is 0.162 e. The third-order valence-corrected chi connectivity index (χ3v) is 5.50. The predicted octanol–water partition coefficient (Wildman–Crippen LogP) is 5.58. The lowest BCUT2D eigenvalue weighted by atomic mass is 9.73. The topological polar surface area (TPSA) is 39.2 Å². The van der Waals surface area contributed by atoms with Crippen LogP contribution in [0.3, 0.4) is 0 Å². The summed E-state index contributed by atoms with van der Waals surface area (Å²) in [7, 11) is 0. The smallest absolute Gasteiger partial charge is 0.162 e. The number of nitrogens with two attached hydrogens (primary N) is 1. The summed E-state index contributed by atoms with van der Waals surface area (Å²) in [5.74, 6) is -1.23. The summed E-state index contributed by atoms with van der Waals surface area (Å²) >= 11 is 0. The van der Waals surface area contributed by atoms with Gasteiger partial charge in [0.05, 0.1) is 6.26 Å². The maximum absolute atomic E-state index is 15.0. The van der Waals surface area contributed by atoms with E-state index >= 15 is 4.39 Å². The van der Waals surface area contributed by atoms with Crippen molar-refractivity contribution in [3.8, 4) is 11.3 Å². The molecule has 1 aromatic heterocycles. The highest BCUT2D eigenvalue weighted by atomic mass is 19.2. The molecule has 2 aliphatic carbocycles. The van der Waals surface area contributed by atoms with Gasteiger partial charge in [-0.25, -0.2) is 8.78 Å². The average molecular weight is 341 g/mol. The Morgan fingerprint density at radius 2 is 1.96 bits per heavy atom. The fourth-order valence-corrected chi connectivity index (χ4v) is 4.24. The van der Waals surface area contributed by atoms with E-state index in [1.165, 1.54) is 0 Å². The molecule has 2 aromatic rings. The van der Waals surface area contributed by atoms with Crippen molar-refractivity contribution in [2.45, 2.75) is 26.2 Å². The van der Waals surface area contributed by atoms with Gasteiger partial charge >= 0.3 is 0 Å². The molecule has 0 fully saturated rings. The minimum absolute atomic E-state index is 0.0555. The Kier molecular flexibility index (Phi) is 3.88. The van der Waals surface area contributed by atoms with Crippen molar-refractivity contribution in [3.05, 3.63) is 64.9 Å². The van der Waals surface area contributed by atoms with E-state index in [-0.39, 0.29) is 11.8 Å². The summed E-state index contributed by atoms with van der Waals surface area (Å²) in [6.07, 6.45) is 2.03. The Morgan fingerprint density at radius 1 is 1.20 bits per heavy atom. The maximum atomic E-state index is 15.0. The Bertz CT molecular complexity index is 893. The second-order valence-corrected chi connectivity index (χ2v) is 7.11. The summed E-state index contributed by atoms with van der Waals surface area (Å²) in [5.41, 5.74) is 9.91. The van der Waals surface area contributed by atoms with Crippen LogP contribution in [-0.4, -0.2) is 6.54 Å². The molecule has 0 spiro atoms. The molecule has 4 heteroatoms. The van der Waals surface area contributed by atoms with Crippen LogP contribution in [-0.2, 0) is 0 Å². The van der Waals surface area contributed by atoms with Crippen LogP contribution in [0.2, 0.25) is 0 Å². The van der Waals surface area contributed by atoms with Gasteiger partial charge in [0, 0.05) is 28.5 Å². The van der Waals surface area contributed by atoms with E-state index in [1.807, 2.05) is 24.3 Å². The van der Waals surface area contributed by atoms with E-state index in [2.05, 4.69) is 6.92 Å². The van der Waals surface area contributed by atoms with Gasteiger partial charge in [-0.1, -0.05) is 43.7 Å². The quantitative estimate of drug-likeness (QED) is 0.774. The molecule has 130 valence electrons. The number of hydrogen-bond acceptors (Lipinski definition) is 2. The van der Waals surface area contributed by atoms with Crippen LogP contribution in [0, 0.1) is 11.8 Å². The van der Waals surface area contributed by atoms with E-state index in [0.29, 0.717) is 29.9 Å². The molecule has 2 N–H and O–H groups in total. The minimum atomic E-state index is -0.751. The van der Waals surface area contributed by atoms with Gasteiger partial charge in [0.2, 0.25) is 0 Å². The van der Waals surface area contributed by atoms with Gasteiger partial charge < -0.3 is 10.2 Å². The van der Waals surface area contributed by atoms with Crippen LogP contribution in [0.5, 0.6) is 0 Å². The number of hydrogen-bond donors (Lipinski definition) is 1. The number of fused-ring (bicyclic) bond motifs is 4. The second kappa shape index (κ2) is 5.95. The predicted molar refractivity (Wildman–Crippen MR) is 95.0 cm³/mol. The number of benzene rings is 1. The number of furan rings is 1. The molecule has 0 radical (unpaired) electrons. The second-order valence-electron chi connectivity index (χ2n) is 7.11. The molecule has 3 atom stereocenters. The fraction of sp³-hybridized carbons (Fsp3) is 0.333. The molecule has 2 unspecified atom stereocenters. The van der Waals surface area contributed by atoms with Gasteiger partial charge in [-0.05, 0) is 30.5 Å². The summed E-state index contributed by atoms with van der Waals surface area (Å²) in [4.78, 5) is 0. The highest BCUT2D eigenvalue weighted by Gasteiger charge is 2.39. The standard InChI is InChI=1S/C21H21F2NO/c1-11-9-16-17(12(2)10-24)13-5-3-4-6-14(13)21-15(7-8-25-21)18(16)20(23)19(11)22/h3-8,11-12,17H,9-10,24H2,1-2H3/t11?,12-,17?/m1/s1. The molecule has 0 saturated heterocycles. The molecule has 1 heterocycles. The molecule has 0 saturated carbocycles. The first-order chi connectivity index (χ1) is 12.0. The fourth-order valence-electron chi connectivity index (χ4n) is 4.24. The zero-order valence-electron chi connectivity index (χ0n) is 14.4. The highest BCUT2D eigenvalue weighted by Crippen LogP contribution is 2.53. The van der Waals surface area contributed by atoms with Crippen molar-refractivity contribution in [3.63, 3.8) is 0 Å². The number of allylic oxidation sites excluding steroid dienone is 4. The Morgan fingerprint density at radius 3 is 2.72 bits per heavy atom. The van der Waals surface area contributed by atoms with Crippen LogP contribution in [0.1, 0.15) is 37.3 Å². The van der Waals surface area contributed by atoms with E-state index in [1.54, 1.807) is 19.3 Å². The zero-order chi connectivity index (χ0) is 17.7. The molecule has 4 rings (SSSR count). The molecule has 0 bridgehead atoms. The molecule has 1 aromatic carbocycles. The van der Waals surface area contributed by atoms with Crippen molar-refractivity contribution in [2.75, 3.05) is 6.54 Å². The van der Waals surface area contributed by atoms with E-state index in [4.69, 9.17) is 10.2 Å². The molecule has 2 aliphatic rings. The first-order valence-corrected chi connectivity index (χ1v) is 8.70. The SMILES string of the molecule is CC1CC2=C(C(F)=C1F)c1ccoc1-c1ccccc1C2[C@H](C)CN. The van der Waals surface area contributed by atoms with Crippen molar-refractivity contribution in [2.24, 2.45) is 17.6 Å². The van der Waals surface area contributed by atoms with Gasteiger partial charge in [-0.2, -0.15) is 0 Å². The first-order valence-electron chi connectivity index (χ1n) is 8.70. The van der Waals surface area contributed by atoms with Crippen LogP contribution >= 0.6 is 0 Å². The summed E-state index contributed by atoms with van der Waals surface area (Å²) in [6.45, 7) is 4.27. The van der Waals surface area contributed by atoms with Gasteiger partial charge in [-0.15, -0.1) is 0 Å². The lowest BCUT2D eigenvalue weighted by molar-refractivity contribution is 0.418. The molecule has 2 nitrogen and oxygen atoms in total. The van der Waals surface area contributed by atoms with Gasteiger partial charge in [0.25, 0.3) is 0 Å². The van der Waals surface area contributed by atoms with Crippen molar-refractivity contribution < 1.29 is 13.2 Å². The lowest BCUT2D eigenvalue weighted by Crippen LogP contribution is -2.24. The summed E-state index contributed by atoms with van der Waals surface area (Å²) in [6, 6.07) is 9.68. The average Bonchev–Trinajstić information content (AvgIpc) is 3.05. The Hall–Kier alpha value is -2.20. The van der Waals surface area contributed by atoms with Crippen LogP contribution in [0.25, 0.3) is 16.9 Å². The van der Waals surface area contributed by atoms with Crippen LogP contribution in [0.4, 0.5) is 8.78 Å². The molecule has 25 heavy (non-hydrogen) atoms. The van der Waals surface area contributed by atoms with E-state index in [0.717, 1.165) is 16.7 Å². The third kappa shape index (κ3) is 2.31.